The van der Waals surface area contributed by atoms with E-state index in [1.54, 1.807) is 18.2 Å². The normalized spacial score (nSPS) is 22.7. The summed E-state index contributed by atoms with van der Waals surface area (Å²) in [6.07, 6.45) is 1.16. The van der Waals surface area contributed by atoms with E-state index < -0.39 is 0 Å². The molecule has 2 atom stereocenters. The van der Waals surface area contributed by atoms with E-state index in [2.05, 4.69) is 5.32 Å². The van der Waals surface area contributed by atoms with E-state index in [1.165, 1.54) is 0 Å². The fourth-order valence-electron chi connectivity index (χ4n) is 1.88. The number of carbonyl (C=O) groups is 1. The number of carbonyl (C=O) groups excluding carboxylic acids is 1. The van der Waals surface area contributed by atoms with Crippen molar-refractivity contribution < 1.29 is 4.79 Å². The van der Waals surface area contributed by atoms with Crippen LogP contribution in [0.4, 0.5) is 5.69 Å². The van der Waals surface area contributed by atoms with Gasteiger partial charge in [-0.3, -0.25) is 4.79 Å². The molecule has 1 aromatic carbocycles. The molecular weight excluding hydrogens is 234 g/mol. The maximum absolute atomic E-state index is 11.6. The number of rotatable bonds is 3. The van der Waals surface area contributed by atoms with Crippen LogP contribution in [0.25, 0.3) is 0 Å². The Kier molecular flexibility index (Phi) is 3.39. The molecule has 84 valence electrons. The van der Waals surface area contributed by atoms with Gasteiger partial charge in [-0.05, 0) is 24.6 Å². The van der Waals surface area contributed by atoms with Gasteiger partial charge in [-0.15, -0.1) is 0 Å². The number of hydrogen-bond donors (Lipinski definition) is 1. The van der Waals surface area contributed by atoms with Crippen LogP contribution in [-0.4, -0.2) is 19.7 Å². The molecule has 1 unspecified atom stereocenters. The molecule has 0 heterocycles. The second-order valence-corrected chi connectivity index (χ2v) is 4.48. The van der Waals surface area contributed by atoms with E-state index in [0.717, 1.165) is 12.1 Å². The molecule has 0 amide bonds. The Morgan fingerprint density at radius 2 is 2.35 bits per heavy atom. The SMILES string of the molecule is [B]C[C@H]1CC(Nc2ccc(C#N)c(Cl)c2)C1=O. The standard InChI is InChI=1S/C12H10BClN2O/c13-5-8-3-11(12(8)17)16-9-2-1-7(6-15)10(14)4-9/h1-2,4,8,11,16H,3,5H2/t8-,11?/m1/s1. The van der Waals surface area contributed by atoms with Crippen LogP contribution in [-0.2, 0) is 4.79 Å². The summed E-state index contributed by atoms with van der Waals surface area (Å²) in [6.45, 7) is 0. The van der Waals surface area contributed by atoms with Crippen LogP contribution in [0, 0.1) is 17.2 Å². The van der Waals surface area contributed by atoms with Gasteiger partial charge in [0.25, 0.3) is 0 Å². The highest BCUT2D eigenvalue weighted by Crippen LogP contribution is 2.29. The summed E-state index contributed by atoms with van der Waals surface area (Å²) in [5.41, 5.74) is 1.18. The summed E-state index contributed by atoms with van der Waals surface area (Å²) in [6, 6.07) is 6.84. The van der Waals surface area contributed by atoms with E-state index >= 15 is 0 Å². The zero-order valence-corrected chi connectivity index (χ0v) is 9.87. The second-order valence-electron chi connectivity index (χ2n) is 4.07. The van der Waals surface area contributed by atoms with Gasteiger partial charge in [0.1, 0.15) is 6.07 Å². The van der Waals surface area contributed by atoms with Crippen LogP contribution in [0.5, 0.6) is 0 Å². The highest BCUT2D eigenvalue weighted by Gasteiger charge is 2.37. The molecule has 1 N–H and O–H groups in total. The van der Waals surface area contributed by atoms with Gasteiger partial charge in [0.2, 0.25) is 0 Å². The molecule has 0 bridgehead atoms. The monoisotopic (exact) mass is 244 g/mol. The number of hydrogen-bond acceptors (Lipinski definition) is 3. The molecule has 17 heavy (non-hydrogen) atoms. The van der Waals surface area contributed by atoms with Crippen molar-refractivity contribution in [2.75, 3.05) is 5.32 Å². The highest BCUT2D eigenvalue weighted by atomic mass is 35.5. The average molecular weight is 244 g/mol. The smallest absolute Gasteiger partial charge is 0.157 e. The molecule has 2 rings (SSSR count). The number of nitriles is 1. The molecule has 1 fully saturated rings. The van der Waals surface area contributed by atoms with Crippen LogP contribution >= 0.6 is 11.6 Å². The van der Waals surface area contributed by atoms with Gasteiger partial charge in [0.15, 0.2) is 5.78 Å². The Morgan fingerprint density at radius 3 is 2.88 bits per heavy atom. The fourth-order valence-corrected chi connectivity index (χ4v) is 2.10. The summed E-state index contributed by atoms with van der Waals surface area (Å²) in [7, 11) is 5.44. The Bertz CT molecular complexity index is 498. The largest absolute Gasteiger partial charge is 0.375 e. The van der Waals surface area contributed by atoms with Crippen LogP contribution in [0.15, 0.2) is 18.2 Å². The van der Waals surface area contributed by atoms with Crippen LogP contribution < -0.4 is 5.32 Å². The molecule has 5 heteroatoms. The summed E-state index contributed by atoms with van der Waals surface area (Å²) in [4.78, 5) is 11.6. The second kappa shape index (κ2) is 4.81. The molecule has 0 saturated heterocycles. The number of anilines is 1. The third kappa shape index (κ3) is 2.30. The summed E-state index contributed by atoms with van der Waals surface area (Å²) in [5.74, 6) is 0.134. The zero-order valence-electron chi connectivity index (χ0n) is 9.11. The van der Waals surface area contributed by atoms with Crippen LogP contribution in [0.2, 0.25) is 11.3 Å². The predicted molar refractivity (Wildman–Crippen MR) is 67.3 cm³/mol. The Balaban J connectivity index is 2.04. The molecule has 0 spiro atoms. The minimum Gasteiger partial charge on any atom is -0.375 e. The van der Waals surface area contributed by atoms with Crippen molar-refractivity contribution in [1.29, 1.82) is 5.26 Å². The number of benzene rings is 1. The maximum Gasteiger partial charge on any atom is 0.157 e. The molecular formula is C12H10BClN2O. The minimum absolute atomic E-state index is 0.0126. The number of halogens is 1. The quantitative estimate of drug-likeness (QED) is 0.829. The van der Waals surface area contributed by atoms with E-state index in [1.807, 2.05) is 6.07 Å². The van der Waals surface area contributed by atoms with Crippen molar-refractivity contribution in [1.82, 2.24) is 0 Å². The lowest BCUT2D eigenvalue weighted by Gasteiger charge is -2.34. The predicted octanol–water partition coefficient (Wildman–Crippen LogP) is 2.17. The minimum atomic E-state index is -0.174. The molecule has 1 aromatic rings. The number of nitrogens with one attached hydrogen (secondary N) is 1. The van der Waals surface area contributed by atoms with Crippen molar-refractivity contribution in [2.24, 2.45) is 5.92 Å². The number of ketones is 1. The molecule has 0 aromatic heterocycles. The lowest BCUT2D eigenvalue weighted by Crippen LogP contribution is -2.46. The van der Waals surface area contributed by atoms with E-state index in [4.69, 9.17) is 24.7 Å². The van der Waals surface area contributed by atoms with E-state index in [9.17, 15) is 4.79 Å². The van der Waals surface area contributed by atoms with E-state index in [-0.39, 0.29) is 17.7 Å². The Hall–Kier alpha value is -1.47. The molecule has 0 aliphatic heterocycles. The van der Waals surface area contributed by atoms with Crippen molar-refractivity contribution in [3.63, 3.8) is 0 Å². The summed E-state index contributed by atoms with van der Waals surface area (Å²) < 4.78 is 0. The van der Waals surface area contributed by atoms with Crippen LogP contribution in [0.3, 0.4) is 0 Å². The van der Waals surface area contributed by atoms with Gasteiger partial charge in [-0.2, -0.15) is 5.26 Å². The molecule has 1 aliphatic rings. The third-order valence-electron chi connectivity index (χ3n) is 2.98. The fraction of sp³-hybridized carbons (Fsp3) is 0.333. The maximum atomic E-state index is 11.6. The van der Waals surface area contributed by atoms with Crippen molar-refractivity contribution >= 4 is 30.9 Å². The highest BCUT2D eigenvalue weighted by molar-refractivity contribution is 6.32. The summed E-state index contributed by atoms with van der Waals surface area (Å²) >= 11 is 5.90. The van der Waals surface area contributed by atoms with Crippen molar-refractivity contribution in [2.45, 2.75) is 18.8 Å². The lowest BCUT2D eigenvalue weighted by atomic mass is 9.71. The first-order valence-electron chi connectivity index (χ1n) is 5.35. The summed E-state index contributed by atoms with van der Waals surface area (Å²) in [5, 5.41) is 12.2. The first kappa shape index (κ1) is 12.0. The Labute approximate surface area is 106 Å². The van der Waals surface area contributed by atoms with Crippen LogP contribution in [0.1, 0.15) is 12.0 Å². The molecule has 2 radical (unpaired) electrons. The first-order valence-corrected chi connectivity index (χ1v) is 5.73. The average Bonchev–Trinajstić information content (AvgIpc) is 2.33. The van der Waals surface area contributed by atoms with Gasteiger partial charge in [-0.25, -0.2) is 0 Å². The zero-order chi connectivity index (χ0) is 12.4. The topological polar surface area (TPSA) is 52.9 Å². The third-order valence-corrected chi connectivity index (χ3v) is 3.29. The molecule has 1 saturated carbocycles. The van der Waals surface area contributed by atoms with Gasteiger partial charge in [-0.1, -0.05) is 17.9 Å². The lowest BCUT2D eigenvalue weighted by molar-refractivity contribution is -0.129. The first-order chi connectivity index (χ1) is 8.15. The van der Waals surface area contributed by atoms with Gasteiger partial charge in [0.05, 0.1) is 24.5 Å². The molecule has 3 nitrogen and oxygen atoms in total. The Morgan fingerprint density at radius 1 is 1.59 bits per heavy atom. The van der Waals surface area contributed by atoms with E-state index in [0.29, 0.717) is 16.9 Å². The molecule has 1 aliphatic carbocycles. The number of Topliss-reactive ketones (excluding diaryl/α,β-unsaturated/α-hetero) is 1. The van der Waals surface area contributed by atoms with Crippen molar-refractivity contribution in [3.05, 3.63) is 28.8 Å². The van der Waals surface area contributed by atoms with Gasteiger partial charge < -0.3 is 5.32 Å². The van der Waals surface area contributed by atoms with Crippen molar-refractivity contribution in [3.8, 4) is 6.07 Å². The van der Waals surface area contributed by atoms with Gasteiger partial charge >= 0.3 is 0 Å². The number of nitrogens with zero attached hydrogens (tertiary/aromatic N) is 1. The van der Waals surface area contributed by atoms with Gasteiger partial charge in [0, 0.05) is 11.6 Å².